The van der Waals surface area contributed by atoms with Gasteiger partial charge >= 0.3 is 0 Å². The van der Waals surface area contributed by atoms with Crippen LogP contribution in [-0.4, -0.2) is 18.8 Å². The maximum absolute atomic E-state index is 13.1. The van der Waals surface area contributed by atoms with Crippen LogP contribution in [0.15, 0.2) is 42.5 Å². The van der Waals surface area contributed by atoms with Crippen LogP contribution in [0.4, 0.5) is 8.78 Å². The van der Waals surface area contributed by atoms with E-state index >= 15 is 0 Å². The minimum absolute atomic E-state index is 0.121. The van der Waals surface area contributed by atoms with Crippen molar-refractivity contribution >= 4 is 0 Å². The molecule has 0 aromatic heterocycles. The van der Waals surface area contributed by atoms with Gasteiger partial charge in [0.25, 0.3) is 0 Å². The average Bonchev–Trinajstić information content (AvgIpc) is 2.47. The molecule has 0 aliphatic heterocycles. The van der Waals surface area contributed by atoms with E-state index in [0.29, 0.717) is 5.56 Å². The first-order chi connectivity index (χ1) is 10.1. The molecule has 0 bridgehead atoms. The predicted octanol–water partition coefficient (Wildman–Crippen LogP) is 2.80. The Morgan fingerprint density at radius 3 is 2.24 bits per heavy atom. The Hall–Kier alpha value is -1.98. The lowest BCUT2D eigenvalue weighted by Crippen LogP contribution is -2.24. The van der Waals surface area contributed by atoms with Gasteiger partial charge in [0.2, 0.25) is 0 Å². The van der Waals surface area contributed by atoms with Crippen molar-refractivity contribution < 1.29 is 18.6 Å². The molecule has 0 amide bonds. The summed E-state index contributed by atoms with van der Waals surface area (Å²) in [6.45, 7) is 0.135. The zero-order chi connectivity index (χ0) is 15.2. The SMILES string of the molecule is COc1ccc(C(CO)NCc2cc(F)cc(F)c2)cc1. The fraction of sp³-hybridized carbons (Fsp3) is 0.250. The first kappa shape index (κ1) is 15.4. The maximum Gasteiger partial charge on any atom is 0.126 e. The van der Waals surface area contributed by atoms with Gasteiger partial charge in [0.05, 0.1) is 19.8 Å². The third-order valence-corrected chi connectivity index (χ3v) is 3.18. The van der Waals surface area contributed by atoms with Crippen LogP contribution < -0.4 is 10.1 Å². The Labute approximate surface area is 122 Å². The highest BCUT2D eigenvalue weighted by Gasteiger charge is 2.10. The third kappa shape index (κ3) is 4.24. The van der Waals surface area contributed by atoms with E-state index in [0.717, 1.165) is 17.4 Å². The van der Waals surface area contributed by atoms with Crippen molar-refractivity contribution in [3.63, 3.8) is 0 Å². The molecule has 112 valence electrons. The van der Waals surface area contributed by atoms with Gasteiger partial charge in [-0.3, -0.25) is 0 Å². The van der Waals surface area contributed by atoms with Crippen LogP contribution >= 0.6 is 0 Å². The van der Waals surface area contributed by atoms with Gasteiger partial charge in [-0.05, 0) is 35.4 Å². The first-order valence-electron chi connectivity index (χ1n) is 6.55. The molecule has 21 heavy (non-hydrogen) atoms. The van der Waals surface area contributed by atoms with Crippen molar-refractivity contribution in [2.24, 2.45) is 0 Å². The van der Waals surface area contributed by atoms with Gasteiger partial charge in [-0.15, -0.1) is 0 Å². The van der Waals surface area contributed by atoms with E-state index in [4.69, 9.17) is 4.74 Å². The van der Waals surface area contributed by atoms with E-state index in [1.54, 1.807) is 19.2 Å². The van der Waals surface area contributed by atoms with Gasteiger partial charge in [-0.25, -0.2) is 8.78 Å². The third-order valence-electron chi connectivity index (χ3n) is 3.18. The highest BCUT2D eigenvalue weighted by Crippen LogP contribution is 2.18. The molecule has 5 heteroatoms. The van der Waals surface area contributed by atoms with Gasteiger partial charge in [0.1, 0.15) is 17.4 Å². The predicted molar refractivity (Wildman–Crippen MR) is 76.0 cm³/mol. The summed E-state index contributed by atoms with van der Waals surface area (Å²) in [5, 5.41) is 12.5. The molecule has 1 unspecified atom stereocenters. The van der Waals surface area contributed by atoms with Crippen molar-refractivity contribution in [3.8, 4) is 5.75 Å². The van der Waals surface area contributed by atoms with Crippen LogP contribution in [0.1, 0.15) is 17.2 Å². The zero-order valence-electron chi connectivity index (χ0n) is 11.6. The van der Waals surface area contributed by atoms with E-state index in [1.165, 1.54) is 12.1 Å². The largest absolute Gasteiger partial charge is 0.497 e. The number of aliphatic hydroxyl groups is 1. The molecule has 2 aromatic rings. The lowest BCUT2D eigenvalue weighted by Gasteiger charge is -2.17. The van der Waals surface area contributed by atoms with Crippen molar-refractivity contribution in [1.82, 2.24) is 5.32 Å². The molecule has 0 aliphatic rings. The van der Waals surface area contributed by atoms with Crippen LogP contribution in [0.3, 0.4) is 0 Å². The van der Waals surface area contributed by atoms with Crippen LogP contribution in [0.25, 0.3) is 0 Å². The molecule has 0 spiro atoms. The first-order valence-corrected chi connectivity index (χ1v) is 6.55. The Morgan fingerprint density at radius 1 is 1.10 bits per heavy atom. The number of rotatable bonds is 6. The lowest BCUT2D eigenvalue weighted by atomic mass is 10.1. The lowest BCUT2D eigenvalue weighted by molar-refractivity contribution is 0.243. The number of benzene rings is 2. The normalized spacial score (nSPS) is 12.2. The molecule has 0 heterocycles. The minimum atomic E-state index is -0.614. The van der Waals surface area contributed by atoms with E-state index in [2.05, 4.69) is 5.32 Å². The summed E-state index contributed by atoms with van der Waals surface area (Å²) in [4.78, 5) is 0. The van der Waals surface area contributed by atoms with E-state index in [-0.39, 0.29) is 19.2 Å². The van der Waals surface area contributed by atoms with E-state index in [1.807, 2.05) is 12.1 Å². The summed E-state index contributed by atoms with van der Waals surface area (Å²) in [6, 6.07) is 10.3. The number of methoxy groups -OCH3 is 1. The Kier molecular flexibility index (Phi) is 5.25. The average molecular weight is 293 g/mol. The second-order valence-corrected chi connectivity index (χ2v) is 4.67. The highest BCUT2D eigenvalue weighted by molar-refractivity contribution is 5.29. The quantitative estimate of drug-likeness (QED) is 0.860. The summed E-state index contributed by atoms with van der Waals surface area (Å²) in [6.07, 6.45) is 0. The molecule has 0 radical (unpaired) electrons. The van der Waals surface area contributed by atoms with Crippen LogP contribution in [0, 0.1) is 11.6 Å². The van der Waals surface area contributed by atoms with E-state index < -0.39 is 11.6 Å². The number of hydrogen-bond acceptors (Lipinski definition) is 3. The van der Waals surface area contributed by atoms with Gasteiger partial charge < -0.3 is 15.2 Å². The maximum atomic E-state index is 13.1. The molecule has 0 saturated carbocycles. The molecule has 1 atom stereocenters. The minimum Gasteiger partial charge on any atom is -0.497 e. The van der Waals surface area contributed by atoms with Gasteiger partial charge in [0, 0.05) is 12.6 Å². The van der Waals surface area contributed by atoms with Gasteiger partial charge in [-0.1, -0.05) is 12.1 Å². The highest BCUT2D eigenvalue weighted by atomic mass is 19.1. The van der Waals surface area contributed by atoms with Crippen LogP contribution in [0.5, 0.6) is 5.75 Å². The summed E-state index contributed by atoms with van der Waals surface area (Å²) in [5.74, 6) is -0.503. The number of halogens is 2. The van der Waals surface area contributed by atoms with Gasteiger partial charge in [0.15, 0.2) is 0 Å². The topological polar surface area (TPSA) is 41.5 Å². The van der Waals surface area contributed by atoms with Crippen molar-refractivity contribution in [1.29, 1.82) is 0 Å². The molecule has 0 aliphatic carbocycles. The molecule has 2 aromatic carbocycles. The van der Waals surface area contributed by atoms with Crippen molar-refractivity contribution in [2.45, 2.75) is 12.6 Å². The molecule has 2 rings (SSSR count). The molecular formula is C16H17F2NO2. The van der Waals surface area contributed by atoms with Crippen LogP contribution in [-0.2, 0) is 6.54 Å². The molecule has 3 nitrogen and oxygen atoms in total. The summed E-state index contributed by atoms with van der Waals surface area (Å²) in [7, 11) is 1.58. The molecular weight excluding hydrogens is 276 g/mol. The van der Waals surface area contributed by atoms with Gasteiger partial charge in [-0.2, -0.15) is 0 Å². The fourth-order valence-corrected chi connectivity index (χ4v) is 2.08. The number of nitrogens with one attached hydrogen (secondary N) is 1. The Balaban J connectivity index is 2.04. The van der Waals surface area contributed by atoms with Crippen LogP contribution in [0.2, 0.25) is 0 Å². The number of hydrogen-bond donors (Lipinski definition) is 2. The molecule has 2 N–H and O–H groups in total. The smallest absolute Gasteiger partial charge is 0.126 e. The number of ether oxygens (including phenoxy) is 1. The summed E-state index contributed by atoms with van der Waals surface area (Å²) in [5.41, 5.74) is 1.36. The summed E-state index contributed by atoms with van der Waals surface area (Å²) >= 11 is 0. The Bertz CT molecular complexity index is 567. The van der Waals surface area contributed by atoms with Crippen molar-refractivity contribution in [3.05, 3.63) is 65.2 Å². The monoisotopic (exact) mass is 293 g/mol. The van der Waals surface area contributed by atoms with Crippen molar-refractivity contribution in [2.75, 3.05) is 13.7 Å². The second kappa shape index (κ2) is 7.15. The fourth-order valence-electron chi connectivity index (χ4n) is 2.08. The zero-order valence-corrected chi connectivity index (χ0v) is 11.6. The second-order valence-electron chi connectivity index (χ2n) is 4.67. The molecule has 0 fully saturated rings. The number of aliphatic hydroxyl groups excluding tert-OH is 1. The Morgan fingerprint density at radius 2 is 1.71 bits per heavy atom. The molecule has 0 saturated heterocycles. The standard InChI is InChI=1S/C16H17F2NO2/c1-21-15-4-2-12(3-5-15)16(10-20)19-9-11-6-13(17)8-14(18)7-11/h2-8,16,19-20H,9-10H2,1H3. The summed E-state index contributed by atoms with van der Waals surface area (Å²) < 4.78 is 31.3. The van der Waals surface area contributed by atoms with E-state index in [9.17, 15) is 13.9 Å².